The normalized spacial score (nSPS) is 18.1. The Hall–Kier alpha value is -2.81. The monoisotopic (exact) mass is 526 g/mol. The summed E-state index contributed by atoms with van der Waals surface area (Å²) in [5.41, 5.74) is -0.582. The number of anilines is 1. The molecular formula is C26H30ClF3N2O4. The van der Waals surface area contributed by atoms with Crippen molar-refractivity contribution < 1.29 is 32.2 Å². The molecule has 36 heavy (non-hydrogen) atoms. The third kappa shape index (κ3) is 6.30. The highest BCUT2D eigenvalue weighted by molar-refractivity contribution is 6.17. The van der Waals surface area contributed by atoms with Gasteiger partial charge in [-0.2, -0.15) is 13.2 Å². The number of carbonyl (C=O) groups excluding carboxylic acids is 2. The third-order valence-electron chi connectivity index (χ3n) is 6.33. The highest BCUT2D eigenvalue weighted by Crippen LogP contribution is 2.39. The van der Waals surface area contributed by atoms with Gasteiger partial charge in [0.15, 0.2) is 0 Å². The van der Waals surface area contributed by atoms with Crippen molar-refractivity contribution in [1.29, 1.82) is 0 Å². The molecule has 1 aliphatic carbocycles. The highest BCUT2D eigenvalue weighted by Gasteiger charge is 2.36. The van der Waals surface area contributed by atoms with Crippen LogP contribution >= 0.6 is 11.6 Å². The second-order valence-corrected chi connectivity index (χ2v) is 9.63. The minimum Gasteiger partial charge on any atom is -0.465 e. The van der Waals surface area contributed by atoms with Gasteiger partial charge in [0.25, 0.3) is 0 Å². The predicted molar refractivity (Wildman–Crippen MR) is 130 cm³/mol. The fraction of sp³-hybridized carbons (Fsp3) is 0.500. The number of ether oxygens (including phenoxy) is 2. The Bertz CT molecular complexity index is 1100. The Morgan fingerprint density at radius 3 is 2.39 bits per heavy atom. The molecule has 0 saturated heterocycles. The van der Waals surface area contributed by atoms with Crippen LogP contribution < -0.4 is 9.64 Å². The average Bonchev–Trinajstić information content (AvgIpc) is 2.84. The average molecular weight is 527 g/mol. The van der Waals surface area contributed by atoms with Crippen molar-refractivity contribution in [2.75, 3.05) is 12.0 Å². The van der Waals surface area contributed by atoms with Crippen molar-refractivity contribution in [2.45, 2.75) is 64.6 Å². The summed E-state index contributed by atoms with van der Waals surface area (Å²) in [6, 6.07) is 4.77. The van der Waals surface area contributed by atoms with E-state index in [4.69, 9.17) is 21.1 Å². The molecule has 0 atom stereocenters. The Kier molecular flexibility index (Phi) is 8.87. The molecule has 6 nitrogen and oxygen atoms in total. The van der Waals surface area contributed by atoms with E-state index in [0.717, 1.165) is 31.7 Å². The Morgan fingerprint density at radius 1 is 1.17 bits per heavy atom. The summed E-state index contributed by atoms with van der Waals surface area (Å²) in [7, 11) is 1.19. The van der Waals surface area contributed by atoms with E-state index in [9.17, 15) is 22.8 Å². The van der Waals surface area contributed by atoms with Crippen LogP contribution in [0.15, 0.2) is 30.5 Å². The van der Waals surface area contributed by atoms with Gasteiger partial charge in [0.1, 0.15) is 11.3 Å². The van der Waals surface area contributed by atoms with E-state index < -0.39 is 23.6 Å². The van der Waals surface area contributed by atoms with Gasteiger partial charge in [0.2, 0.25) is 11.8 Å². The molecule has 0 N–H and O–H groups in total. The smallest absolute Gasteiger partial charge is 0.421 e. The number of amides is 1. The van der Waals surface area contributed by atoms with Gasteiger partial charge in [-0.3, -0.25) is 4.79 Å². The minimum absolute atomic E-state index is 0.00663. The molecule has 0 bridgehead atoms. The lowest BCUT2D eigenvalue weighted by molar-refractivity contribution is -0.139. The number of hydrogen-bond donors (Lipinski definition) is 0. The summed E-state index contributed by atoms with van der Waals surface area (Å²) in [5.74, 6) is -1.30. The number of aromatic nitrogens is 1. The lowest BCUT2D eigenvalue weighted by Gasteiger charge is -2.34. The van der Waals surface area contributed by atoms with E-state index in [1.807, 2.05) is 13.8 Å². The van der Waals surface area contributed by atoms with Crippen LogP contribution in [0.4, 0.5) is 18.9 Å². The van der Waals surface area contributed by atoms with E-state index in [1.54, 1.807) is 4.90 Å². The van der Waals surface area contributed by atoms with Crippen molar-refractivity contribution in [1.82, 2.24) is 4.98 Å². The molecule has 1 aromatic heterocycles. The molecule has 1 aromatic carbocycles. The molecule has 1 amide bonds. The molecule has 2 aromatic rings. The first-order valence-electron chi connectivity index (χ1n) is 11.8. The number of rotatable bonds is 7. The molecule has 1 fully saturated rings. The lowest BCUT2D eigenvalue weighted by atomic mass is 9.82. The van der Waals surface area contributed by atoms with Gasteiger partial charge in [-0.1, -0.05) is 6.92 Å². The third-order valence-corrected chi connectivity index (χ3v) is 6.64. The molecular weight excluding hydrogens is 497 g/mol. The molecule has 0 aliphatic heterocycles. The number of carbonyl (C=O) groups is 2. The second-order valence-electron chi connectivity index (χ2n) is 9.36. The number of esters is 1. The largest absolute Gasteiger partial charge is 0.465 e. The van der Waals surface area contributed by atoms with E-state index in [-0.39, 0.29) is 40.6 Å². The van der Waals surface area contributed by atoms with Crippen LogP contribution in [-0.4, -0.2) is 30.0 Å². The summed E-state index contributed by atoms with van der Waals surface area (Å²) < 4.78 is 51.2. The van der Waals surface area contributed by atoms with Gasteiger partial charge in [-0.15, -0.1) is 11.6 Å². The van der Waals surface area contributed by atoms with Crippen molar-refractivity contribution in [2.24, 2.45) is 11.8 Å². The van der Waals surface area contributed by atoms with Crippen molar-refractivity contribution in [3.63, 3.8) is 0 Å². The van der Waals surface area contributed by atoms with Crippen LogP contribution in [0.25, 0.3) is 0 Å². The van der Waals surface area contributed by atoms with E-state index >= 15 is 0 Å². The van der Waals surface area contributed by atoms with Crippen LogP contribution in [-0.2, 0) is 21.6 Å². The van der Waals surface area contributed by atoms with Gasteiger partial charge in [-0.05, 0) is 75.3 Å². The van der Waals surface area contributed by atoms with Crippen molar-refractivity contribution in [3.8, 4) is 11.6 Å². The van der Waals surface area contributed by atoms with E-state index in [2.05, 4.69) is 11.9 Å². The molecule has 0 unspecified atom stereocenters. The fourth-order valence-electron chi connectivity index (χ4n) is 4.38. The van der Waals surface area contributed by atoms with E-state index in [1.165, 1.54) is 31.5 Å². The van der Waals surface area contributed by atoms with Crippen LogP contribution in [0.5, 0.6) is 11.6 Å². The minimum atomic E-state index is -4.73. The van der Waals surface area contributed by atoms with Gasteiger partial charge in [0, 0.05) is 24.0 Å². The van der Waals surface area contributed by atoms with Gasteiger partial charge >= 0.3 is 12.1 Å². The molecule has 196 valence electrons. The number of methoxy groups -OCH3 is 1. The fourth-order valence-corrected chi connectivity index (χ4v) is 4.53. The zero-order valence-corrected chi connectivity index (χ0v) is 21.4. The summed E-state index contributed by atoms with van der Waals surface area (Å²) in [5, 5.41) is 0. The zero-order chi connectivity index (χ0) is 26.6. The summed E-state index contributed by atoms with van der Waals surface area (Å²) in [6.07, 6.45) is -0.0956. The van der Waals surface area contributed by atoms with Gasteiger partial charge in [0.05, 0.1) is 18.4 Å². The molecule has 0 spiro atoms. The summed E-state index contributed by atoms with van der Waals surface area (Å²) in [6.45, 7) is 5.84. The number of pyridine rings is 1. The van der Waals surface area contributed by atoms with Crippen LogP contribution in [0, 0.1) is 11.8 Å². The standard InChI is InChI=1S/C26H30ClF3N2O4/c1-15(2)32(24(33)18-7-5-16(3)6-8-18)22-10-9-19(12-20(22)25(34)35-4)36-23-21(26(28,29)30)11-17(13-27)14-31-23/h9-12,14-16,18H,5-8,13H2,1-4H3. The Balaban J connectivity index is 2.00. The number of hydrogen-bond acceptors (Lipinski definition) is 5. The first-order chi connectivity index (χ1) is 17.0. The summed E-state index contributed by atoms with van der Waals surface area (Å²) >= 11 is 5.66. The predicted octanol–water partition coefficient (Wildman–Crippen LogP) is 6.99. The number of alkyl halides is 4. The van der Waals surface area contributed by atoms with Gasteiger partial charge in [-0.25, -0.2) is 9.78 Å². The Morgan fingerprint density at radius 2 is 1.83 bits per heavy atom. The maximum atomic E-state index is 13.6. The number of benzene rings is 1. The Labute approximate surface area is 213 Å². The van der Waals surface area contributed by atoms with Crippen LogP contribution in [0.3, 0.4) is 0 Å². The maximum absolute atomic E-state index is 13.6. The number of nitrogens with zero attached hydrogens (tertiary/aromatic N) is 2. The molecule has 0 radical (unpaired) electrons. The molecule has 10 heteroatoms. The molecule has 1 saturated carbocycles. The zero-order valence-electron chi connectivity index (χ0n) is 20.7. The van der Waals surface area contributed by atoms with Crippen molar-refractivity contribution >= 4 is 29.2 Å². The molecule has 3 rings (SSSR count). The number of halogens is 4. The SMILES string of the molecule is COC(=O)c1cc(Oc2ncc(CCl)cc2C(F)(F)F)ccc1N(C(=O)C1CCC(C)CC1)C(C)C. The molecule has 1 aliphatic rings. The topological polar surface area (TPSA) is 68.7 Å². The maximum Gasteiger partial charge on any atom is 0.421 e. The first kappa shape index (κ1) is 27.8. The quantitative estimate of drug-likeness (QED) is 0.287. The van der Waals surface area contributed by atoms with Crippen LogP contribution in [0.2, 0.25) is 0 Å². The molecule has 1 heterocycles. The summed E-state index contributed by atoms with van der Waals surface area (Å²) in [4.78, 5) is 31.5. The first-order valence-corrected chi connectivity index (χ1v) is 12.3. The van der Waals surface area contributed by atoms with Gasteiger partial charge < -0.3 is 14.4 Å². The van der Waals surface area contributed by atoms with Crippen LogP contribution in [0.1, 0.15) is 67.9 Å². The van der Waals surface area contributed by atoms with E-state index in [0.29, 0.717) is 11.6 Å². The highest BCUT2D eigenvalue weighted by atomic mass is 35.5. The second kappa shape index (κ2) is 11.5. The van der Waals surface area contributed by atoms with Crippen molar-refractivity contribution in [3.05, 3.63) is 47.2 Å². The lowest BCUT2D eigenvalue weighted by Crippen LogP contribution is -2.43.